The van der Waals surface area contributed by atoms with Gasteiger partial charge in [0.1, 0.15) is 0 Å². The van der Waals surface area contributed by atoms with Crippen molar-refractivity contribution in [2.75, 3.05) is 5.75 Å². The van der Waals surface area contributed by atoms with Gasteiger partial charge in [-0.1, -0.05) is 17.8 Å². The van der Waals surface area contributed by atoms with Crippen LogP contribution in [0.4, 0.5) is 0 Å². The predicted molar refractivity (Wildman–Crippen MR) is 65.4 cm³/mol. The highest BCUT2D eigenvalue weighted by Crippen LogP contribution is 2.10. The van der Waals surface area contributed by atoms with Crippen molar-refractivity contribution in [3.8, 4) is 0 Å². The van der Waals surface area contributed by atoms with Gasteiger partial charge in [-0.15, -0.1) is 0 Å². The predicted octanol–water partition coefficient (Wildman–Crippen LogP) is 1.21. The van der Waals surface area contributed by atoms with Crippen molar-refractivity contribution in [1.29, 1.82) is 0 Å². The first kappa shape index (κ1) is 11.7. The number of nitrogens with zero attached hydrogens (tertiary/aromatic N) is 2. The Balaban J connectivity index is 1.71. The van der Waals surface area contributed by atoms with Gasteiger partial charge in [0, 0.05) is 31.3 Å². The molecule has 0 atom stereocenters. The third-order valence-corrected chi connectivity index (χ3v) is 2.93. The molecule has 2 aromatic heterocycles. The molecule has 0 aromatic carbocycles. The van der Waals surface area contributed by atoms with Gasteiger partial charge in [0.15, 0.2) is 5.16 Å². The molecule has 0 spiro atoms. The molecular formula is C11H12N4OS. The van der Waals surface area contributed by atoms with Crippen molar-refractivity contribution in [3.05, 3.63) is 42.5 Å². The number of aromatic nitrogens is 3. The van der Waals surface area contributed by atoms with Gasteiger partial charge in [-0.3, -0.25) is 9.78 Å². The molecule has 0 aliphatic carbocycles. The maximum atomic E-state index is 11.5. The lowest BCUT2D eigenvalue weighted by Crippen LogP contribution is -2.24. The van der Waals surface area contributed by atoms with Crippen molar-refractivity contribution in [2.45, 2.75) is 11.7 Å². The van der Waals surface area contributed by atoms with Gasteiger partial charge in [-0.2, -0.15) is 0 Å². The second kappa shape index (κ2) is 6.05. The van der Waals surface area contributed by atoms with Crippen LogP contribution in [-0.4, -0.2) is 26.6 Å². The highest BCUT2D eigenvalue weighted by molar-refractivity contribution is 7.99. The highest BCUT2D eigenvalue weighted by atomic mass is 32.2. The number of imidazole rings is 1. The van der Waals surface area contributed by atoms with Gasteiger partial charge in [-0.05, 0) is 11.6 Å². The molecule has 88 valence electrons. The summed E-state index contributed by atoms with van der Waals surface area (Å²) in [5.74, 6) is 0.337. The van der Waals surface area contributed by atoms with Crippen molar-refractivity contribution in [1.82, 2.24) is 20.3 Å². The Morgan fingerprint density at radius 1 is 1.47 bits per heavy atom. The molecule has 0 aliphatic heterocycles. The van der Waals surface area contributed by atoms with E-state index in [0.29, 0.717) is 12.3 Å². The third-order valence-electron chi connectivity index (χ3n) is 2.03. The summed E-state index contributed by atoms with van der Waals surface area (Å²) in [7, 11) is 0. The minimum absolute atomic E-state index is 0.0183. The second-order valence-corrected chi connectivity index (χ2v) is 4.29. The van der Waals surface area contributed by atoms with Crippen molar-refractivity contribution >= 4 is 17.7 Å². The van der Waals surface area contributed by atoms with Crippen LogP contribution < -0.4 is 5.32 Å². The summed E-state index contributed by atoms with van der Waals surface area (Å²) in [6.07, 6.45) is 6.84. The molecule has 0 saturated carbocycles. The molecule has 1 amide bonds. The smallest absolute Gasteiger partial charge is 0.230 e. The average Bonchev–Trinajstić information content (AvgIpc) is 2.88. The topological polar surface area (TPSA) is 70.7 Å². The molecule has 17 heavy (non-hydrogen) atoms. The van der Waals surface area contributed by atoms with Gasteiger partial charge in [0.25, 0.3) is 0 Å². The normalized spacial score (nSPS) is 10.1. The number of aromatic amines is 1. The fraction of sp³-hybridized carbons (Fsp3) is 0.182. The lowest BCUT2D eigenvalue weighted by Gasteiger charge is -2.03. The summed E-state index contributed by atoms with van der Waals surface area (Å²) in [6, 6.07) is 3.77. The Bertz CT molecular complexity index is 458. The largest absolute Gasteiger partial charge is 0.351 e. The zero-order valence-corrected chi connectivity index (χ0v) is 9.91. The fourth-order valence-corrected chi connectivity index (χ4v) is 1.87. The molecule has 2 heterocycles. The van der Waals surface area contributed by atoms with Gasteiger partial charge in [0.05, 0.1) is 5.75 Å². The van der Waals surface area contributed by atoms with E-state index >= 15 is 0 Å². The number of hydrogen-bond acceptors (Lipinski definition) is 4. The van der Waals surface area contributed by atoms with E-state index in [2.05, 4.69) is 20.3 Å². The maximum absolute atomic E-state index is 11.5. The summed E-state index contributed by atoms with van der Waals surface area (Å²) >= 11 is 1.38. The number of carbonyl (C=O) groups excluding carboxylic acids is 1. The van der Waals surface area contributed by atoms with Crippen molar-refractivity contribution in [3.63, 3.8) is 0 Å². The van der Waals surface area contributed by atoms with Crippen molar-refractivity contribution < 1.29 is 4.79 Å². The first-order valence-electron chi connectivity index (χ1n) is 5.12. The number of H-pyrrole nitrogens is 1. The molecule has 0 saturated heterocycles. The maximum Gasteiger partial charge on any atom is 0.230 e. The number of nitrogens with one attached hydrogen (secondary N) is 2. The number of hydrogen-bond donors (Lipinski definition) is 2. The van der Waals surface area contributed by atoms with Crippen molar-refractivity contribution in [2.24, 2.45) is 0 Å². The molecule has 5 nitrogen and oxygen atoms in total. The van der Waals surface area contributed by atoms with Crippen LogP contribution in [-0.2, 0) is 11.3 Å². The van der Waals surface area contributed by atoms with Crippen LogP contribution in [0.15, 0.2) is 42.1 Å². The summed E-state index contributed by atoms with van der Waals surface area (Å²) < 4.78 is 0. The minimum atomic E-state index is -0.0183. The van der Waals surface area contributed by atoms with Gasteiger partial charge < -0.3 is 10.3 Å². The lowest BCUT2D eigenvalue weighted by molar-refractivity contribution is -0.118. The number of rotatable bonds is 5. The SMILES string of the molecule is O=C(CSc1ncc[nH]1)NCc1cccnc1. The van der Waals surface area contributed by atoms with Gasteiger partial charge in [-0.25, -0.2) is 4.98 Å². The summed E-state index contributed by atoms with van der Waals surface area (Å²) in [4.78, 5) is 22.4. The minimum Gasteiger partial charge on any atom is -0.351 e. The molecule has 2 N–H and O–H groups in total. The van der Waals surface area contributed by atoms with Crippen LogP contribution >= 0.6 is 11.8 Å². The van der Waals surface area contributed by atoms with E-state index in [0.717, 1.165) is 10.7 Å². The molecule has 2 aromatic rings. The van der Waals surface area contributed by atoms with E-state index in [-0.39, 0.29) is 5.91 Å². The summed E-state index contributed by atoms with van der Waals surface area (Å²) in [6.45, 7) is 0.505. The molecule has 0 fully saturated rings. The summed E-state index contributed by atoms with van der Waals surface area (Å²) in [5.41, 5.74) is 0.990. The highest BCUT2D eigenvalue weighted by Gasteiger charge is 2.03. The van der Waals surface area contributed by atoms with Crippen LogP contribution in [0.5, 0.6) is 0 Å². The first-order valence-corrected chi connectivity index (χ1v) is 6.11. The molecule has 0 aliphatic rings. The van der Waals surface area contributed by atoms with E-state index in [1.165, 1.54) is 11.8 Å². The Hall–Kier alpha value is -1.82. The fourth-order valence-electron chi connectivity index (χ4n) is 1.22. The molecular weight excluding hydrogens is 236 g/mol. The molecule has 2 rings (SSSR count). The van der Waals surface area contributed by atoms with E-state index < -0.39 is 0 Å². The van der Waals surface area contributed by atoms with E-state index in [1.54, 1.807) is 24.8 Å². The average molecular weight is 248 g/mol. The number of amides is 1. The second-order valence-electron chi connectivity index (χ2n) is 3.32. The number of carbonyl (C=O) groups is 1. The van der Waals surface area contributed by atoms with Crippen LogP contribution in [0, 0.1) is 0 Å². The zero-order valence-electron chi connectivity index (χ0n) is 9.09. The Kier molecular flexibility index (Phi) is 4.15. The van der Waals surface area contributed by atoms with Crippen LogP contribution in [0.1, 0.15) is 5.56 Å². The molecule has 6 heteroatoms. The van der Waals surface area contributed by atoms with E-state index in [1.807, 2.05) is 12.1 Å². The van der Waals surface area contributed by atoms with Crippen LogP contribution in [0.3, 0.4) is 0 Å². The van der Waals surface area contributed by atoms with E-state index in [4.69, 9.17) is 0 Å². The third kappa shape index (κ3) is 3.92. The quantitative estimate of drug-likeness (QED) is 0.780. The Labute approximate surface area is 103 Å². The molecule has 0 bridgehead atoms. The molecule has 0 unspecified atom stereocenters. The Morgan fingerprint density at radius 2 is 2.41 bits per heavy atom. The van der Waals surface area contributed by atoms with Gasteiger partial charge in [0.2, 0.25) is 5.91 Å². The van der Waals surface area contributed by atoms with Crippen LogP contribution in [0.2, 0.25) is 0 Å². The van der Waals surface area contributed by atoms with Crippen LogP contribution in [0.25, 0.3) is 0 Å². The standard InChI is InChI=1S/C11H12N4OS/c16-10(8-17-11-13-4-5-14-11)15-7-9-2-1-3-12-6-9/h1-6H,7-8H2,(H,13,14)(H,15,16). The molecule has 0 radical (unpaired) electrons. The van der Waals surface area contributed by atoms with Gasteiger partial charge >= 0.3 is 0 Å². The first-order chi connectivity index (χ1) is 8.34. The van der Waals surface area contributed by atoms with E-state index in [9.17, 15) is 4.79 Å². The zero-order chi connectivity index (χ0) is 11.9. The lowest BCUT2D eigenvalue weighted by atomic mass is 10.3. The summed E-state index contributed by atoms with van der Waals surface area (Å²) in [5, 5.41) is 3.57. The Morgan fingerprint density at radius 3 is 3.12 bits per heavy atom. The number of thioether (sulfide) groups is 1. The monoisotopic (exact) mass is 248 g/mol. The number of pyridine rings is 1.